The van der Waals surface area contributed by atoms with Crippen molar-refractivity contribution < 1.29 is 121 Å². The summed E-state index contributed by atoms with van der Waals surface area (Å²) in [7, 11) is -7.16. The summed E-state index contributed by atoms with van der Waals surface area (Å²) in [6.07, 6.45) is 9.84. The Morgan fingerprint density at radius 1 is 0.476 bits per heavy atom. The molecule has 4 unspecified atom stereocenters. The number of benzene rings is 4. The summed E-state index contributed by atoms with van der Waals surface area (Å²) in [5.41, 5.74) is 0.854. The van der Waals surface area contributed by atoms with Crippen LogP contribution in [0.2, 0.25) is 5.02 Å². The van der Waals surface area contributed by atoms with Crippen LogP contribution in [0.3, 0.4) is 0 Å². The molecule has 4 aromatic heterocycles. The van der Waals surface area contributed by atoms with Crippen LogP contribution < -0.4 is 21.3 Å². The van der Waals surface area contributed by atoms with Crippen molar-refractivity contribution in [3.05, 3.63) is 251 Å². The van der Waals surface area contributed by atoms with Crippen LogP contribution in [0.4, 0.5) is 17.6 Å². The molecule has 0 spiro atoms. The van der Waals surface area contributed by atoms with Gasteiger partial charge in [0.15, 0.2) is 74.5 Å². The van der Waals surface area contributed by atoms with E-state index >= 15 is 0 Å². The molecule has 8 aliphatic heterocycles. The predicted molar refractivity (Wildman–Crippen MR) is 548 cm³/mol. The number of esters is 4. The molecule has 54 heteroatoms. The number of hydrogen-bond donors (Lipinski definition) is 8. The Morgan fingerprint density at radius 2 is 0.850 bits per heavy atom. The van der Waals surface area contributed by atoms with E-state index in [1.807, 2.05) is 11.9 Å². The zero-order valence-corrected chi connectivity index (χ0v) is 90.3. The number of carboxylic acids is 4. The van der Waals surface area contributed by atoms with Crippen molar-refractivity contribution in [2.24, 2.45) is 34.1 Å². The Bertz CT molecular complexity index is 7080. The van der Waals surface area contributed by atoms with Gasteiger partial charge in [0.1, 0.15) is 70.6 Å². The smallest absolute Gasteiger partial charge is 0.338 e. The molecule has 4 saturated heterocycles. The average molecular weight is 2370 g/mol. The van der Waals surface area contributed by atoms with Gasteiger partial charge in [0.2, 0.25) is 0 Å². The normalized spacial score (nSPS) is 23.0. The van der Waals surface area contributed by atoms with Crippen molar-refractivity contribution in [2.45, 2.75) is 101 Å². The summed E-state index contributed by atoms with van der Waals surface area (Å²) in [5, 5.41) is 55.6. The van der Waals surface area contributed by atoms with E-state index in [1.165, 1.54) is 112 Å². The molecule has 8 aliphatic rings. The minimum absolute atomic E-state index is 0.0310. The lowest BCUT2D eigenvalue weighted by Crippen LogP contribution is -2.62. The molecular formula is C93H100Br3ClF4N18O22S6. The molecule has 8 aromatic rings. The van der Waals surface area contributed by atoms with Gasteiger partial charge in [-0.15, -0.1) is 22.7 Å². The number of carboxylic acid groups (broad SMARTS) is 4. The molecule has 0 bridgehead atoms. The molecule has 8 N–H and O–H groups in total. The zero-order valence-electron chi connectivity index (χ0n) is 79.9. The number of nitrogens with zero attached hydrogens (tertiary/aromatic N) is 14. The van der Waals surface area contributed by atoms with Crippen molar-refractivity contribution in [1.82, 2.24) is 69.9 Å². The van der Waals surface area contributed by atoms with Gasteiger partial charge in [0.25, 0.3) is 0 Å². The molecule has 16 rings (SSSR count). The predicted octanol–water partition coefficient (Wildman–Crippen LogP) is 9.48. The first-order valence-electron chi connectivity index (χ1n) is 45.3. The Morgan fingerprint density at radius 3 is 1.22 bits per heavy atom. The van der Waals surface area contributed by atoms with E-state index in [-0.39, 0.29) is 128 Å². The molecule has 0 amide bonds. The fourth-order valence-corrected chi connectivity index (χ4v) is 26.4. The Balaban J connectivity index is 0.000000164. The van der Waals surface area contributed by atoms with Gasteiger partial charge < -0.3 is 69.8 Å². The number of halogens is 8. The van der Waals surface area contributed by atoms with E-state index in [1.54, 1.807) is 117 Å². The van der Waals surface area contributed by atoms with E-state index in [0.717, 1.165) is 11.8 Å². The number of rotatable bonds is 28. The highest BCUT2D eigenvalue weighted by molar-refractivity contribution is 9.11. The summed E-state index contributed by atoms with van der Waals surface area (Å²) in [5.74, 6) is -7.78. The van der Waals surface area contributed by atoms with Crippen molar-refractivity contribution in [2.75, 3.05) is 119 Å². The third-order valence-corrected chi connectivity index (χ3v) is 35.6. The molecule has 786 valence electrons. The third kappa shape index (κ3) is 26.0. The summed E-state index contributed by atoms with van der Waals surface area (Å²) in [4.78, 5) is 144. The second-order valence-electron chi connectivity index (χ2n) is 34.4. The quantitative estimate of drug-likeness (QED) is 0.0128. The van der Waals surface area contributed by atoms with E-state index in [0.29, 0.717) is 104 Å². The molecule has 40 nitrogen and oxygen atoms in total. The molecule has 9 atom stereocenters. The first-order chi connectivity index (χ1) is 69.6. The van der Waals surface area contributed by atoms with Gasteiger partial charge in [-0.3, -0.25) is 58.7 Å². The van der Waals surface area contributed by atoms with Crippen LogP contribution >= 0.6 is 93.8 Å². The van der Waals surface area contributed by atoms with Crippen molar-refractivity contribution in [3.8, 4) is 0 Å². The average Bonchev–Trinajstić information content (AvgIpc) is 1.68. The maximum Gasteiger partial charge on any atom is 0.338 e. The molecule has 0 saturated carbocycles. The number of carbonyl (C=O) groups excluding carboxylic acids is 4. The Kier molecular flexibility index (Phi) is 36.9. The molecule has 147 heavy (non-hydrogen) atoms. The Labute approximate surface area is 883 Å². The molecular weight excluding hydrogens is 2260 g/mol. The number of amidine groups is 4. The van der Waals surface area contributed by atoms with E-state index in [9.17, 15) is 102 Å². The molecule has 12 heterocycles. The van der Waals surface area contributed by atoms with Crippen LogP contribution in [-0.2, 0) is 101 Å². The van der Waals surface area contributed by atoms with E-state index in [2.05, 4.69) is 94.0 Å². The largest absolute Gasteiger partial charge is 0.480 e. The number of nitrogens with one attached hydrogen (secondary N) is 4. The minimum atomic E-state index is -3.60. The number of thioether (sulfide) groups is 1. The molecule has 4 fully saturated rings. The summed E-state index contributed by atoms with van der Waals surface area (Å²) >= 11 is 20.7. The molecule has 0 aliphatic carbocycles. The van der Waals surface area contributed by atoms with Crippen molar-refractivity contribution in [1.29, 1.82) is 0 Å². The lowest BCUT2D eigenvalue weighted by atomic mass is 9.94. The molecule has 0 radical (unpaired) electrons. The maximum atomic E-state index is 13.9. The number of aliphatic imine (C=N–C) groups is 4. The van der Waals surface area contributed by atoms with Crippen LogP contribution in [-0.4, -0.2) is 313 Å². The van der Waals surface area contributed by atoms with Crippen molar-refractivity contribution in [3.63, 3.8) is 0 Å². The topological polar surface area (TPSA) is 529 Å². The van der Waals surface area contributed by atoms with Crippen LogP contribution in [0.15, 0.2) is 199 Å². The van der Waals surface area contributed by atoms with Gasteiger partial charge in [0, 0.05) is 173 Å². The van der Waals surface area contributed by atoms with Crippen molar-refractivity contribution >= 4 is 194 Å². The summed E-state index contributed by atoms with van der Waals surface area (Å²) in [6.45, 7) is 11.6. The fraction of sp³-hybridized carbons (Fsp3) is 0.398. The lowest BCUT2D eigenvalue weighted by Gasteiger charge is -2.42. The van der Waals surface area contributed by atoms with Crippen LogP contribution in [0.25, 0.3) is 0 Å². The SMILES string of the molecule is CCOC(=O)C1=C(CN2CCS(=O)(=O)C(C)C2C(=O)O)NC(c2nccs2)=N[C@H]1c1ccc(F)cc1Br.CCOC(=O)C1=C(CN2CCS(=O)(=O)CC2(C)C(=O)O)NC(c2nccs2)=N[C@H]1c1ccc(F)cc1Br.CCOC(=O)C1=C(CN2CCS(=O)(=O)C[C@H]2C(=O)O)NC(c2nccn2C)=N[C@H]1c1ccc(F)cc1Cl.CCOC(=O)C1=C(CN2CCSCC2(C)C(=O)O)NC(c2nccn2C)=N[C@H]1c1ccc(F)cc1Br. The second kappa shape index (κ2) is 48.1. The van der Waals surface area contributed by atoms with Gasteiger partial charge in [0.05, 0.1) is 82.7 Å². The number of ether oxygens (including phenoxy) is 4. The standard InChI is InChI=1S/C24H27BrFN5O4S.2C23H24BrFN4O6S2.C23H25ClFN5O6S/c1-4-35-22(32)18-17(12-31-9-10-36-13-24(31,2)23(33)34)28-20(21-27-7-8-30(21)3)29-19(18)15-6-5-14(26)11-16(15)25;1-3-35-21(30)17-16(11-29-7-9-37(33,34)12-23(29,2)22(31)32)27-19(20-26-6-8-36-20)28-18(17)14-5-4-13(25)10-15(14)24;1-3-35-23(32)17-16(11-29-7-9-37(33,34)12(2)19(29)22(30)31)27-20(21-26-6-8-36-21)28-18(17)14-5-4-13(25)10-15(14)24;1-3-36-23(33)18-16(11-30-8-9-37(34,35)12-17(30)22(31)32)27-20(21-26-6-7-29(21)2)28-19(18)14-5-4-13(25)10-15(14)24/h5-8,11,19H,4,9-10,12-13H2,1-3H3,(H,28,29)(H,33,34);4-6,8,10,18H,3,7,9,11-12H2,1-2H3,(H,27,28)(H,31,32);4-6,8,10,12,18-19H,3,7,9,11H2,1-2H3,(H,27,28)(H,30,31);4-7,10,17,19H,3,8-9,11-12H2,1-2H3,(H,27,28)(H,31,32)/t19-,24?;18-,23?;12?,18-,19?;17-,19-/m0000/s1. The number of aliphatic carboxylic acids is 4. The number of hydrogen-bond acceptors (Lipinski definition) is 37. The van der Waals surface area contributed by atoms with Crippen LogP contribution in [0.1, 0.15) is 117 Å². The monoisotopic (exact) mass is 2360 g/mol. The summed E-state index contributed by atoms with van der Waals surface area (Å²) < 4.78 is 155. The number of carbonyl (C=O) groups is 8. The lowest BCUT2D eigenvalue weighted by molar-refractivity contribution is -0.149. The fourth-order valence-electron chi connectivity index (χ4n) is 17.2. The number of imidazole rings is 2. The molecule has 4 aromatic carbocycles. The number of aryl methyl sites for hydroxylation is 2. The number of aromatic nitrogens is 6. The van der Waals surface area contributed by atoms with Gasteiger partial charge >= 0.3 is 47.8 Å². The highest BCUT2D eigenvalue weighted by Crippen LogP contribution is 2.44. The van der Waals surface area contributed by atoms with Crippen LogP contribution in [0, 0.1) is 23.3 Å². The second-order valence-corrected chi connectivity index (χ2v) is 47.2. The zero-order chi connectivity index (χ0) is 107. The Hall–Kier alpha value is -11.4. The number of thiazole rings is 2. The maximum absolute atomic E-state index is 13.9. The third-order valence-electron chi connectivity index (χ3n) is 24.8. The summed E-state index contributed by atoms with van der Waals surface area (Å²) in [6, 6.07) is 9.56. The van der Waals surface area contributed by atoms with Crippen LogP contribution in [0.5, 0.6) is 0 Å². The highest BCUT2D eigenvalue weighted by atomic mass is 79.9. The minimum Gasteiger partial charge on any atom is -0.480 e. The van der Waals surface area contributed by atoms with Gasteiger partial charge in [-0.1, -0.05) is 83.7 Å². The van der Waals surface area contributed by atoms with E-state index < -0.39 is 165 Å². The van der Waals surface area contributed by atoms with Gasteiger partial charge in [-0.25, -0.2) is 81.9 Å². The highest BCUT2D eigenvalue weighted by Gasteiger charge is 2.51. The first kappa shape index (κ1) is 113. The van der Waals surface area contributed by atoms with Gasteiger partial charge in [-0.2, -0.15) is 11.8 Å². The van der Waals surface area contributed by atoms with Gasteiger partial charge in [-0.05, 0) is 114 Å². The first-order valence-corrected chi connectivity index (χ1v) is 56.3. The van der Waals surface area contributed by atoms with E-state index in [4.69, 9.17) is 45.5 Å². The number of sulfone groups is 3.